The first-order valence-electron chi connectivity index (χ1n) is 4.41. The van der Waals surface area contributed by atoms with E-state index in [4.69, 9.17) is 0 Å². The number of rotatable bonds is 2. The van der Waals surface area contributed by atoms with Gasteiger partial charge in [0.2, 0.25) is 0 Å². The SMILES string of the molecule is O=Cc1cc2c(cc1C=O)CCC2. The predicted octanol–water partition coefficient (Wildman–Crippen LogP) is 1.80. The topological polar surface area (TPSA) is 34.1 Å². The second-order valence-electron chi connectivity index (χ2n) is 3.34. The van der Waals surface area contributed by atoms with Crippen LogP contribution < -0.4 is 0 Å². The molecule has 0 fully saturated rings. The van der Waals surface area contributed by atoms with Gasteiger partial charge in [0.15, 0.2) is 12.6 Å². The summed E-state index contributed by atoms with van der Waals surface area (Å²) in [5.74, 6) is 0. The lowest BCUT2D eigenvalue weighted by Crippen LogP contribution is -1.94. The lowest BCUT2D eigenvalue weighted by Gasteiger charge is -2.02. The van der Waals surface area contributed by atoms with Crippen LogP contribution in [0, 0.1) is 0 Å². The standard InChI is InChI=1S/C11H10O2/c12-6-10-4-8-2-1-3-9(8)5-11(10)7-13/h4-7H,1-3H2. The van der Waals surface area contributed by atoms with Crippen LogP contribution in [0.3, 0.4) is 0 Å². The monoisotopic (exact) mass is 174 g/mol. The predicted molar refractivity (Wildman–Crippen MR) is 49.2 cm³/mol. The quantitative estimate of drug-likeness (QED) is 0.640. The van der Waals surface area contributed by atoms with E-state index in [1.54, 1.807) is 0 Å². The van der Waals surface area contributed by atoms with Crippen molar-refractivity contribution in [2.45, 2.75) is 19.3 Å². The summed E-state index contributed by atoms with van der Waals surface area (Å²) in [5.41, 5.74) is 3.51. The van der Waals surface area contributed by atoms with Crippen molar-refractivity contribution in [2.24, 2.45) is 0 Å². The van der Waals surface area contributed by atoms with Gasteiger partial charge in [0.1, 0.15) is 0 Å². The average molecular weight is 174 g/mol. The van der Waals surface area contributed by atoms with Crippen LogP contribution in [0.4, 0.5) is 0 Å². The number of aldehydes is 2. The van der Waals surface area contributed by atoms with E-state index >= 15 is 0 Å². The third-order valence-electron chi connectivity index (χ3n) is 2.55. The number of benzene rings is 1. The zero-order valence-corrected chi connectivity index (χ0v) is 7.25. The smallest absolute Gasteiger partial charge is 0.150 e. The molecule has 0 atom stereocenters. The summed E-state index contributed by atoms with van der Waals surface area (Å²) in [6.07, 6.45) is 4.71. The third-order valence-corrected chi connectivity index (χ3v) is 2.55. The molecule has 0 N–H and O–H groups in total. The number of carbonyl (C=O) groups is 2. The Morgan fingerprint density at radius 2 is 1.38 bits per heavy atom. The van der Waals surface area contributed by atoms with Crippen LogP contribution in [0.1, 0.15) is 38.3 Å². The highest BCUT2D eigenvalue weighted by atomic mass is 16.1. The van der Waals surface area contributed by atoms with Crippen LogP contribution >= 0.6 is 0 Å². The highest BCUT2D eigenvalue weighted by Crippen LogP contribution is 2.24. The molecule has 0 bridgehead atoms. The van der Waals surface area contributed by atoms with E-state index < -0.39 is 0 Å². The van der Waals surface area contributed by atoms with Crippen molar-refractivity contribution in [3.63, 3.8) is 0 Å². The minimum absolute atomic E-state index is 0.524. The van der Waals surface area contributed by atoms with Crippen molar-refractivity contribution < 1.29 is 9.59 Å². The fourth-order valence-electron chi connectivity index (χ4n) is 1.87. The molecule has 66 valence electrons. The number of carbonyl (C=O) groups excluding carboxylic acids is 2. The van der Waals surface area contributed by atoms with Crippen molar-refractivity contribution in [3.05, 3.63) is 34.4 Å². The lowest BCUT2D eigenvalue weighted by molar-refractivity contribution is 0.109. The lowest BCUT2D eigenvalue weighted by atomic mass is 10.0. The Hall–Kier alpha value is -1.44. The molecule has 1 aliphatic carbocycles. The highest BCUT2D eigenvalue weighted by Gasteiger charge is 2.13. The summed E-state index contributed by atoms with van der Waals surface area (Å²) < 4.78 is 0. The molecule has 2 heteroatoms. The summed E-state index contributed by atoms with van der Waals surface area (Å²) in [6, 6.07) is 3.69. The number of fused-ring (bicyclic) bond motifs is 1. The minimum atomic E-state index is 0.524. The summed E-state index contributed by atoms with van der Waals surface area (Å²) in [7, 11) is 0. The van der Waals surface area contributed by atoms with Gasteiger partial charge >= 0.3 is 0 Å². The van der Waals surface area contributed by atoms with Crippen molar-refractivity contribution in [1.82, 2.24) is 0 Å². The molecule has 1 aliphatic rings. The van der Waals surface area contributed by atoms with E-state index in [9.17, 15) is 9.59 Å². The number of hydrogen-bond acceptors (Lipinski definition) is 2. The first-order valence-corrected chi connectivity index (χ1v) is 4.41. The van der Waals surface area contributed by atoms with Crippen LogP contribution in [0.5, 0.6) is 0 Å². The summed E-state index contributed by atoms with van der Waals surface area (Å²) in [4.78, 5) is 21.3. The fraction of sp³-hybridized carbons (Fsp3) is 0.273. The van der Waals surface area contributed by atoms with E-state index in [0.717, 1.165) is 31.8 Å². The van der Waals surface area contributed by atoms with Gasteiger partial charge in [0.05, 0.1) is 0 Å². The maximum atomic E-state index is 10.6. The second-order valence-corrected chi connectivity index (χ2v) is 3.34. The Balaban J connectivity index is 2.59. The third kappa shape index (κ3) is 1.28. The zero-order chi connectivity index (χ0) is 9.26. The molecule has 0 saturated heterocycles. The van der Waals surface area contributed by atoms with Crippen LogP contribution in [0.2, 0.25) is 0 Å². The Morgan fingerprint density at radius 1 is 0.923 bits per heavy atom. The Bertz CT molecular complexity index is 332. The average Bonchev–Trinajstić information content (AvgIpc) is 2.62. The maximum Gasteiger partial charge on any atom is 0.150 e. The molecule has 2 nitrogen and oxygen atoms in total. The van der Waals surface area contributed by atoms with Gasteiger partial charge in [-0.2, -0.15) is 0 Å². The van der Waals surface area contributed by atoms with Gasteiger partial charge in [-0.15, -0.1) is 0 Å². The van der Waals surface area contributed by atoms with E-state index in [1.807, 2.05) is 12.1 Å². The molecule has 0 radical (unpaired) electrons. The molecular formula is C11H10O2. The van der Waals surface area contributed by atoms with Crippen molar-refractivity contribution >= 4 is 12.6 Å². The van der Waals surface area contributed by atoms with Gasteiger partial charge in [-0.05, 0) is 42.5 Å². The zero-order valence-electron chi connectivity index (χ0n) is 7.25. The Labute approximate surface area is 76.6 Å². The largest absolute Gasteiger partial charge is 0.298 e. The van der Waals surface area contributed by atoms with Crippen LogP contribution in [-0.4, -0.2) is 12.6 Å². The minimum Gasteiger partial charge on any atom is -0.298 e. The van der Waals surface area contributed by atoms with E-state index in [-0.39, 0.29) is 0 Å². The molecule has 13 heavy (non-hydrogen) atoms. The Morgan fingerprint density at radius 3 is 1.77 bits per heavy atom. The molecule has 0 amide bonds. The van der Waals surface area contributed by atoms with Crippen LogP contribution in [0.15, 0.2) is 12.1 Å². The van der Waals surface area contributed by atoms with Gasteiger partial charge in [-0.3, -0.25) is 9.59 Å². The van der Waals surface area contributed by atoms with Gasteiger partial charge in [0.25, 0.3) is 0 Å². The van der Waals surface area contributed by atoms with Crippen LogP contribution in [-0.2, 0) is 12.8 Å². The normalized spacial score (nSPS) is 13.8. The molecule has 0 spiro atoms. The van der Waals surface area contributed by atoms with E-state index in [1.165, 1.54) is 11.1 Å². The molecule has 0 saturated carbocycles. The van der Waals surface area contributed by atoms with Gasteiger partial charge in [0, 0.05) is 11.1 Å². The molecule has 1 aromatic rings. The fourth-order valence-corrected chi connectivity index (χ4v) is 1.87. The molecule has 1 aromatic carbocycles. The molecule has 2 rings (SSSR count). The first kappa shape index (κ1) is 8.17. The van der Waals surface area contributed by atoms with Gasteiger partial charge in [-0.25, -0.2) is 0 Å². The molecule has 0 unspecified atom stereocenters. The van der Waals surface area contributed by atoms with E-state index in [2.05, 4.69) is 0 Å². The summed E-state index contributed by atoms with van der Waals surface area (Å²) in [6.45, 7) is 0. The van der Waals surface area contributed by atoms with Crippen LogP contribution in [0.25, 0.3) is 0 Å². The molecule has 0 aromatic heterocycles. The van der Waals surface area contributed by atoms with Crippen molar-refractivity contribution in [3.8, 4) is 0 Å². The molecular weight excluding hydrogens is 164 g/mol. The Kier molecular flexibility index (Phi) is 1.97. The van der Waals surface area contributed by atoms with E-state index in [0.29, 0.717) is 11.1 Å². The second kappa shape index (κ2) is 3.13. The summed E-state index contributed by atoms with van der Waals surface area (Å²) >= 11 is 0. The van der Waals surface area contributed by atoms with Gasteiger partial charge in [-0.1, -0.05) is 0 Å². The van der Waals surface area contributed by atoms with Gasteiger partial charge < -0.3 is 0 Å². The van der Waals surface area contributed by atoms with Crippen molar-refractivity contribution in [1.29, 1.82) is 0 Å². The maximum absolute atomic E-state index is 10.6. The molecule has 0 heterocycles. The first-order chi connectivity index (χ1) is 6.35. The number of aryl methyl sites for hydroxylation is 2. The molecule has 0 aliphatic heterocycles. The number of hydrogen-bond donors (Lipinski definition) is 0. The highest BCUT2D eigenvalue weighted by molar-refractivity contribution is 5.90. The summed E-state index contributed by atoms with van der Waals surface area (Å²) in [5, 5.41) is 0. The van der Waals surface area contributed by atoms with Crippen molar-refractivity contribution in [2.75, 3.05) is 0 Å².